The van der Waals surface area contributed by atoms with E-state index in [9.17, 15) is 4.79 Å². The third-order valence-electron chi connectivity index (χ3n) is 2.16. The molecule has 16 heavy (non-hydrogen) atoms. The summed E-state index contributed by atoms with van der Waals surface area (Å²) in [4.78, 5) is 11.3. The van der Waals surface area contributed by atoms with E-state index in [4.69, 9.17) is 10.5 Å². The lowest BCUT2D eigenvalue weighted by Crippen LogP contribution is -2.10. The van der Waals surface area contributed by atoms with Gasteiger partial charge < -0.3 is 10.5 Å². The SMILES string of the molecule is CCCCCCOC(=O)Cc1nonc1N. The van der Waals surface area contributed by atoms with Crippen LogP contribution in [-0.4, -0.2) is 22.9 Å². The molecule has 0 amide bonds. The third-order valence-corrected chi connectivity index (χ3v) is 2.16. The first-order valence-electron chi connectivity index (χ1n) is 5.46. The van der Waals surface area contributed by atoms with Gasteiger partial charge in [-0.05, 0) is 11.6 Å². The average molecular weight is 227 g/mol. The Morgan fingerprint density at radius 1 is 1.38 bits per heavy atom. The standard InChI is InChI=1S/C10H17N3O3/c1-2-3-4-5-6-15-9(14)7-8-10(11)13-16-12-8/h2-7H2,1H3,(H2,11,13). The van der Waals surface area contributed by atoms with Crippen LogP contribution in [0.25, 0.3) is 0 Å². The Morgan fingerprint density at radius 2 is 2.19 bits per heavy atom. The number of unbranched alkanes of at least 4 members (excludes halogenated alkanes) is 3. The summed E-state index contributed by atoms with van der Waals surface area (Å²) in [5.74, 6) is -0.207. The zero-order chi connectivity index (χ0) is 11.8. The van der Waals surface area contributed by atoms with Crippen LogP contribution in [-0.2, 0) is 16.0 Å². The lowest BCUT2D eigenvalue weighted by molar-refractivity contribution is -0.143. The van der Waals surface area contributed by atoms with Crippen LogP contribution < -0.4 is 5.73 Å². The summed E-state index contributed by atoms with van der Waals surface area (Å²) < 4.78 is 9.38. The minimum atomic E-state index is -0.348. The molecular weight excluding hydrogens is 210 g/mol. The van der Waals surface area contributed by atoms with E-state index in [1.54, 1.807) is 0 Å². The number of aromatic nitrogens is 2. The van der Waals surface area contributed by atoms with Crippen LogP contribution in [0.15, 0.2) is 4.63 Å². The number of carbonyl (C=O) groups excluding carboxylic acids is 1. The first kappa shape index (κ1) is 12.5. The van der Waals surface area contributed by atoms with Gasteiger partial charge in [0.25, 0.3) is 0 Å². The molecule has 1 rings (SSSR count). The first-order valence-corrected chi connectivity index (χ1v) is 5.46. The second-order valence-electron chi connectivity index (χ2n) is 3.55. The van der Waals surface area contributed by atoms with Crippen LogP contribution in [0.1, 0.15) is 38.3 Å². The number of hydrogen-bond acceptors (Lipinski definition) is 6. The number of anilines is 1. The first-order chi connectivity index (χ1) is 7.74. The molecule has 0 aliphatic heterocycles. The van der Waals surface area contributed by atoms with Crippen molar-refractivity contribution in [2.75, 3.05) is 12.3 Å². The molecule has 6 heteroatoms. The van der Waals surface area contributed by atoms with Gasteiger partial charge in [-0.25, -0.2) is 4.63 Å². The van der Waals surface area contributed by atoms with Crippen LogP contribution >= 0.6 is 0 Å². The van der Waals surface area contributed by atoms with Gasteiger partial charge in [-0.1, -0.05) is 31.3 Å². The summed E-state index contributed by atoms with van der Waals surface area (Å²) in [5.41, 5.74) is 5.74. The Labute approximate surface area is 94.1 Å². The van der Waals surface area contributed by atoms with Crippen molar-refractivity contribution in [2.45, 2.75) is 39.0 Å². The Hall–Kier alpha value is -1.59. The molecule has 0 atom stereocenters. The summed E-state index contributed by atoms with van der Waals surface area (Å²) in [5, 5.41) is 6.88. The molecule has 0 saturated heterocycles. The fraction of sp³-hybridized carbons (Fsp3) is 0.700. The maximum atomic E-state index is 11.3. The van der Waals surface area contributed by atoms with Gasteiger partial charge in [0.15, 0.2) is 5.82 Å². The summed E-state index contributed by atoms with van der Waals surface area (Å²) in [6, 6.07) is 0. The summed E-state index contributed by atoms with van der Waals surface area (Å²) in [6.45, 7) is 2.58. The zero-order valence-electron chi connectivity index (χ0n) is 9.44. The van der Waals surface area contributed by atoms with E-state index in [1.807, 2.05) is 0 Å². The van der Waals surface area contributed by atoms with E-state index in [-0.39, 0.29) is 18.2 Å². The van der Waals surface area contributed by atoms with Crippen molar-refractivity contribution in [3.05, 3.63) is 5.69 Å². The minimum absolute atomic E-state index is 0.0170. The molecule has 0 unspecified atom stereocenters. The maximum Gasteiger partial charge on any atom is 0.312 e. The van der Waals surface area contributed by atoms with Crippen molar-refractivity contribution in [3.63, 3.8) is 0 Å². The molecule has 0 bridgehead atoms. The van der Waals surface area contributed by atoms with Gasteiger partial charge in [-0.3, -0.25) is 4.79 Å². The summed E-state index contributed by atoms with van der Waals surface area (Å²) >= 11 is 0. The molecule has 0 aliphatic carbocycles. The normalized spacial score (nSPS) is 10.3. The molecule has 0 fully saturated rings. The number of esters is 1. The highest BCUT2D eigenvalue weighted by atomic mass is 16.6. The molecule has 6 nitrogen and oxygen atoms in total. The van der Waals surface area contributed by atoms with Crippen LogP contribution in [0.3, 0.4) is 0 Å². The predicted molar refractivity (Wildman–Crippen MR) is 57.5 cm³/mol. The van der Waals surface area contributed by atoms with Crippen LogP contribution in [0, 0.1) is 0 Å². The number of nitrogen functional groups attached to an aromatic ring is 1. The van der Waals surface area contributed by atoms with Gasteiger partial charge in [0.05, 0.1) is 13.0 Å². The lowest BCUT2D eigenvalue weighted by atomic mass is 10.2. The molecule has 1 heterocycles. The molecule has 1 aromatic rings. The molecule has 0 aliphatic rings. The Bertz CT molecular complexity index is 325. The van der Waals surface area contributed by atoms with Crippen molar-refractivity contribution >= 4 is 11.8 Å². The molecular formula is C10H17N3O3. The lowest BCUT2D eigenvalue weighted by Gasteiger charge is -2.02. The van der Waals surface area contributed by atoms with Crippen LogP contribution in [0.5, 0.6) is 0 Å². The maximum absolute atomic E-state index is 11.3. The molecule has 0 aromatic carbocycles. The highest BCUT2D eigenvalue weighted by molar-refractivity contribution is 5.73. The van der Waals surface area contributed by atoms with Crippen molar-refractivity contribution in [1.29, 1.82) is 0 Å². The second kappa shape index (κ2) is 6.81. The molecule has 1 aromatic heterocycles. The van der Waals surface area contributed by atoms with E-state index < -0.39 is 0 Å². The van der Waals surface area contributed by atoms with E-state index in [1.165, 1.54) is 0 Å². The fourth-order valence-corrected chi connectivity index (χ4v) is 1.24. The Kier molecular flexibility index (Phi) is 5.31. The number of nitrogens with zero attached hydrogens (tertiary/aromatic N) is 2. The van der Waals surface area contributed by atoms with E-state index in [2.05, 4.69) is 21.9 Å². The topological polar surface area (TPSA) is 91.2 Å². The third kappa shape index (κ3) is 4.29. The van der Waals surface area contributed by atoms with Crippen LogP contribution in [0.2, 0.25) is 0 Å². The zero-order valence-corrected chi connectivity index (χ0v) is 9.44. The molecule has 0 radical (unpaired) electrons. The largest absolute Gasteiger partial charge is 0.465 e. The highest BCUT2D eigenvalue weighted by Crippen LogP contribution is 2.06. The van der Waals surface area contributed by atoms with Crippen molar-refractivity contribution in [3.8, 4) is 0 Å². The molecule has 0 spiro atoms. The van der Waals surface area contributed by atoms with Gasteiger partial charge in [0.1, 0.15) is 5.69 Å². The van der Waals surface area contributed by atoms with Gasteiger partial charge in [-0.2, -0.15) is 0 Å². The van der Waals surface area contributed by atoms with Gasteiger partial charge in [0.2, 0.25) is 0 Å². The van der Waals surface area contributed by atoms with E-state index in [0.717, 1.165) is 25.7 Å². The average Bonchev–Trinajstić information content (AvgIpc) is 2.64. The summed E-state index contributed by atoms with van der Waals surface area (Å²) in [6.07, 6.45) is 4.32. The van der Waals surface area contributed by atoms with Crippen molar-refractivity contribution in [1.82, 2.24) is 10.3 Å². The number of carbonyl (C=O) groups is 1. The fourth-order valence-electron chi connectivity index (χ4n) is 1.24. The molecule has 0 saturated carbocycles. The quantitative estimate of drug-likeness (QED) is 0.558. The van der Waals surface area contributed by atoms with E-state index in [0.29, 0.717) is 12.3 Å². The van der Waals surface area contributed by atoms with Gasteiger partial charge >= 0.3 is 5.97 Å². The number of hydrogen-bond donors (Lipinski definition) is 1. The molecule has 90 valence electrons. The van der Waals surface area contributed by atoms with Crippen molar-refractivity contribution in [2.24, 2.45) is 0 Å². The predicted octanol–water partition coefficient (Wildman–Crippen LogP) is 1.32. The molecule has 2 N–H and O–H groups in total. The van der Waals surface area contributed by atoms with E-state index >= 15 is 0 Å². The summed E-state index contributed by atoms with van der Waals surface area (Å²) in [7, 11) is 0. The van der Waals surface area contributed by atoms with Gasteiger partial charge in [-0.15, -0.1) is 0 Å². The Morgan fingerprint density at radius 3 is 2.81 bits per heavy atom. The van der Waals surface area contributed by atoms with Crippen molar-refractivity contribution < 1.29 is 14.2 Å². The monoisotopic (exact) mass is 227 g/mol. The number of ether oxygens (including phenoxy) is 1. The smallest absolute Gasteiger partial charge is 0.312 e. The van der Waals surface area contributed by atoms with Gasteiger partial charge in [0, 0.05) is 0 Å². The highest BCUT2D eigenvalue weighted by Gasteiger charge is 2.12. The second-order valence-corrected chi connectivity index (χ2v) is 3.55. The van der Waals surface area contributed by atoms with Crippen LogP contribution in [0.4, 0.5) is 5.82 Å². The number of rotatable bonds is 7. The Balaban J connectivity index is 2.14. The number of nitrogens with two attached hydrogens (primary N) is 1. The minimum Gasteiger partial charge on any atom is -0.465 e.